The van der Waals surface area contributed by atoms with E-state index in [4.69, 9.17) is 4.74 Å². The number of amides is 1. The summed E-state index contributed by atoms with van der Waals surface area (Å²) >= 11 is 0. The summed E-state index contributed by atoms with van der Waals surface area (Å²) in [6, 6.07) is 18.6. The third-order valence-corrected chi connectivity index (χ3v) is 4.32. The number of fused-ring (bicyclic) bond motifs is 3. The predicted molar refractivity (Wildman–Crippen MR) is 89.5 cm³/mol. The van der Waals surface area contributed by atoms with Crippen LogP contribution in [0.25, 0.3) is 16.6 Å². The summed E-state index contributed by atoms with van der Waals surface area (Å²) in [6.07, 6.45) is -0.243. The van der Waals surface area contributed by atoms with Crippen molar-refractivity contribution in [1.29, 1.82) is 0 Å². The molecule has 4 rings (SSSR count). The highest BCUT2D eigenvalue weighted by Gasteiger charge is 2.30. The number of rotatable bonds is 2. The van der Waals surface area contributed by atoms with E-state index in [1.54, 1.807) is 4.90 Å². The Morgan fingerprint density at radius 1 is 1.04 bits per heavy atom. The molecule has 1 aromatic heterocycles. The SMILES string of the molecule is CCOC(=O)N1Cc2c(n(-c3ccccc3)c3ccccc23)C1. The highest BCUT2D eigenvalue weighted by Crippen LogP contribution is 2.35. The first-order chi connectivity index (χ1) is 11.3. The third-order valence-electron chi connectivity index (χ3n) is 4.32. The highest BCUT2D eigenvalue weighted by atomic mass is 16.6. The summed E-state index contributed by atoms with van der Waals surface area (Å²) in [4.78, 5) is 13.9. The van der Waals surface area contributed by atoms with Crippen LogP contribution in [0, 0.1) is 0 Å². The predicted octanol–water partition coefficient (Wildman–Crippen LogP) is 4.10. The van der Waals surface area contributed by atoms with Crippen molar-refractivity contribution in [3.63, 3.8) is 0 Å². The van der Waals surface area contributed by atoms with Crippen molar-refractivity contribution in [2.24, 2.45) is 0 Å². The van der Waals surface area contributed by atoms with Gasteiger partial charge in [-0.15, -0.1) is 0 Å². The van der Waals surface area contributed by atoms with E-state index < -0.39 is 0 Å². The maximum absolute atomic E-state index is 12.1. The quantitative estimate of drug-likeness (QED) is 0.714. The average Bonchev–Trinajstić information content (AvgIpc) is 3.13. The molecule has 2 heterocycles. The van der Waals surface area contributed by atoms with Crippen LogP contribution in [0.3, 0.4) is 0 Å². The van der Waals surface area contributed by atoms with Gasteiger partial charge in [0.2, 0.25) is 0 Å². The van der Waals surface area contributed by atoms with Gasteiger partial charge in [-0.05, 0) is 25.1 Å². The summed E-state index contributed by atoms with van der Waals surface area (Å²) in [6.45, 7) is 3.42. The smallest absolute Gasteiger partial charge is 0.410 e. The number of para-hydroxylation sites is 2. The first-order valence-corrected chi connectivity index (χ1v) is 7.88. The largest absolute Gasteiger partial charge is 0.450 e. The molecule has 0 saturated heterocycles. The second kappa shape index (κ2) is 5.47. The van der Waals surface area contributed by atoms with E-state index >= 15 is 0 Å². The summed E-state index contributed by atoms with van der Waals surface area (Å²) in [5, 5.41) is 1.21. The van der Waals surface area contributed by atoms with Crippen molar-refractivity contribution < 1.29 is 9.53 Å². The second-order valence-corrected chi connectivity index (χ2v) is 5.67. The van der Waals surface area contributed by atoms with Crippen molar-refractivity contribution in [2.45, 2.75) is 20.0 Å². The number of ether oxygens (including phenoxy) is 1. The molecule has 0 bridgehead atoms. The minimum absolute atomic E-state index is 0.243. The van der Waals surface area contributed by atoms with Gasteiger partial charge in [-0.3, -0.25) is 4.90 Å². The summed E-state index contributed by atoms with van der Waals surface area (Å²) in [5.41, 5.74) is 4.70. The molecular formula is C19H18N2O2. The molecule has 1 aliphatic heterocycles. The highest BCUT2D eigenvalue weighted by molar-refractivity contribution is 5.88. The topological polar surface area (TPSA) is 34.5 Å². The van der Waals surface area contributed by atoms with E-state index in [0.717, 1.165) is 5.69 Å². The van der Waals surface area contributed by atoms with Gasteiger partial charge in [0.15, 0.2) is 0 Å². The van der Waals surface area contributed by atoms with Gasteiger partial charge in [-0.1, -0.05) is 36.4 Å². The second-order valence-electron chi connectivity index (χ2n) is 5.67. The van der Waals surface area contributed by atoms with Crippen LogP contribution in [-0.2, 0) is 17.8 Å². The van der Waals surface area contributed by atoms with E-state index in [-0.39, 0.29) is 6.09 Å². The van der Waals surface area contributed by atoms with E-state index in [9.17, 15) is 4.79 Å². The monoisotopic (exact) mass is 306 g/mol. The summed E-state index contributed by atoms with van der Waals surface area (Å²) in [7, 11) is 0. The van der Waals surface area contributed by atoms with Crippen LogP contribution in [0.4, 0.5) is 4.79 Å². The number of carbonyl (C=O) groups is 1. The third kappa shape index (κ3) is 2.18. The number of nitrogens with zero attached hydrogens (tertiary/aromatic N) is 2. The van der Waals surface area contributed by atoms with Crippen LogP contribution in [0.1, 0.15) is 18.2 Å². The lowest BCUT2D eigenvalue weighted by molar-refractivity contribution is 0.106. The first-order valence-electron chi connectivity index (χ1n) is 7.88. The van der Waals surface area contributed by atoms with Gasteiger partial charge in [-0.2, -0.15) is 0 Å². The van der Waals surface area contributed by atoms with Crippen LogP contribution in [0.5, 0.6) is 0 Å². The Morgan fingerprint density at radius 3 is 2.57 bits per heavy atom. The Bertz CT molecular complexity index is 868. The minimum atomic E-state index is -0.243. The Kier molecular flexibility index (Phi) is 3.30. The van der Waals surface area contributed by atoms with Gasteiger partial charge in [0.1, 0.15) is 0 Å². The Balaban J connectivity index is 1.86. The molecule has 2 aromatic carbocycles. The molecule has 0 radical (unpaired) electrons. The van der Waals surface area contributed by atoms with Crippen LogP contribution in [0.2, 0.25) is 0 Å². The maximum Gasteiger partial charge on any atom is 0.410 e. The van der Waals surface area contributed by atoms with Crippen molar-refractivity contribution in [2.75, 3.05) is 6.61 Å². The van der Waals surface area contributed by atoms with Crippen LogP contribution in [0.15, 0.2) is 54.6 Å². The fourth-order valence-corrected chi connectivity index (χ4v) is 3.35. The van der Waals surface area contributed by atoms with Crippen LogP contribution >= 0.6 is 0 Å². The van der Waals surface area contributed by atoms with Gasteiger partial charge >= 0.3 is 6.09 Å². The number of hydrogen-bond acceptors (Lipinski definition) is 2. The Morgan fingerprint density at radius 2 is 1.78 bits per heavy atom. The van der Waals surface area contributed by atoms with Crippen molar-refractivity contribution in [1.82, 2.24) is 9.47 Å². The van der Waals surface area contributed by atoms with Crippen molar-refractivity contribution in [3.8, 4) is 5.69 Å². The zero-order valence-electron chi connectivity index (χ0n) is 13.0. The molecule has 0 spiro atoms. The Hall–Kier alpha value is -2.75. The number of hydrogen-bond donors (Lipinski definition) is 0. The number of benzene rings is 2. The van der Waals surface area contributed by atoms with E-state index in [2.05, 4.69) is 34.9 Å². The van der Waals surface area contributed by atoms with Gasteiger partial charge in [0, 0.05) is 22.3 Å². The minimum Gasteiger partial charge on any atom is -0.450 e. The molecule has 1 amide bonds. The zero-order valence-corrected chi connectivity index (χ0v) is 13.0. The molecule has 0 aliphatic carbocycles. The van der Waals surface area contributed by atoms with E-state index in [1.807, 2.05) is 31.2 Å². The fraction of sp³-hybridized carbons (Fsp3) is 0.211. The van der Waals surface area contributed by atoms with E-state index in [0.29, 0.717) is 19.7 Å². The molecule has 3 aromatic rings. The molecule has 23 heavy (non-hydrogen) atoms. The lowest BCUT2D eigenvalue weighted by Crippen LogP contribution is -2.26. The van der Waals surface area contributed by atoms with Crippen LogP contribution in [-0.4, -0.2) is 22.2 Å². The number of carbonyl (C=O) groups excluding carboxylic acids is 1. The van der Waals surface area contributed by atoms with Gasteiger partial charge in [-0.25, -0.2) is 4.79 Å². The van der Waals surface area contributed by atoms with Gasteiger partial charge < -0.3 is 9.30 Å². The Labute approximate surface area is 134 Å². The van der Waals surface area contributed by atoms with Gasteiger partial charge in [0.05, 0.1) is 25.2 Å². The summed E-state index contributed by atoms with van der Waals surface area (Å²) < 4.78 is 7.42. The van der Waals surface area contributed by atoms with Gasteiger partial charge in [0.25, 0.3) is 0 Å². The molecular weight excluding hydrogens is 288 g/mol. The fourth-order valence-electron chi connectivity index (χ4n) is 3.35. The number of aromatic nitrogens is 1. The van der Waals surface area contributed by atoms with Crippen molar-refractivity contribution in [3.05, 3.63) is 65.9 Å². The molecule has 4 heteroatoms. The molecule has 0 unspecified atom stereocenters. The van der Waals surface area contributed by atoms with E-state index in [1.165, 1.54) is 22.2 Å². The summed E-state index contributed by atoms with van der Waals surface area (Å²) in [5.74, 6) is 0. The zero-order chi connectivity index (χ0) is 15.8. The molecule has 0 N–H and O–H groups in total. The molecule has 0 atom stereocenters. The molecule has 4 nitrogen and oxygen atoms in total. The molecule has 116 valence electrons. The molecule has 0 fully saturated rings. The molecule has 0 saturated carbocycles. The molecule has 1 aliphatic rings. The standard InChI is InChI=1S/C19H18N2O2/c1-2-23-19(22)20-12-16-15-10-6-7-11-17(15)21(18(16)13-20)14-8-4-3-5-9-14/h3-11H,2,12-13H2,1H3. The lowest BCUT2D eigenvalue weighted by atomic mass is 10.1. The average molecular weight is 306 g/mol. The first kappa shape index (κ1) is 13.9. The van der Waals surface area contributed by atoms with Crippen molar-refractivity contribution >= 4 is 17.0 Å². The normalized spacial score (nSPS) is 13.3. The maximum atomic E-state index is 12.1. The lowest BCUT2D eigenvalue weighted by Gasteiger charge is -2.16. The van der Waals surface area contributed by atoms with Crippen LogP contribution < -0.4 is 0 Å².